The summed E-state index contributed by atoms with van der Waals surface area (Å²) in [4.78, 5) is 10.3. The number of allylic oxidation sites excluding steroid dienone is 8. The van der Waals surface area contributed by atoms with E-state index < -0.39 is 5.97 Å². The number of hydrogen-bond donors (Lipinski definition) is 1. The predicted octanol–water partition coefficient (Wildman–Crippen LogP) is 7.00. The molecular weight excluding hydrogens is 296 g/mol. The first kappa shape index (κ1) is 22.4. The summed E-state index contributed by atoms with van der Waals surface area (Å²) in [5.74, 6) is -0.743. The molecule has 0 spiro atoms. The Labute approximate surface area is 149 Å². The average molecular weight is 333 g/mol. The molecule has 0 radical (unpaired) electrons. The molecule has 0 saturated carbocycles. The monoisotopic (exact) mass is 332 g/mol. The lowest BCUT2D eigenvalue weighted by Gasteiger charge is -2.00. The van der Waals surface area contributed by atoms with Crippen LogP contribution in [0.25, 0.3) is 0 Å². The van der Waals surface area contributed by atoms with Gasteiger partial charge in [0.15, 0.2) is 0 Å². The summed E-state index contributed by atoms with van der Waals surface area (Å²) >= 11 is 0. The van der Waals surface area contributed by atoms with E-state index in [2.05, 4.69) is 31.2 Å². The van der Waals surface area contributed by atoms with Crippen LogP contribution in [0, 0.1) is 0 Å². The summed E-state index contributed by atoms with van der Waals surface area (Å²) in [7, 11) is 0. The molecule has 0 aromatic rings. The predicted molar refractivity (Wildman–Crippen MR) is 105 cm³/mol. The lowest BCUT2D eigenvalue weighted by molar-refractivity contribution is -0.136. The molecule has 1 N–H and O–H groups in total. The van der Waals surface area contributed by atoms with E-state index in [0.717, 1.165) is 12.8 Å². The Balaban J connectivity index is 3.29. The maximum atomic E-state index is 10.3. The van der Waals surface area contributed by atoms with E-state index in [-0.39, 0.29) is 6.42 Å². The molecule has 0 saturated heterocycles. The Hall–Kier alpha value is -1.57. The summed E-state index contributed by atoms with van der Waals surface area (Å²) in [6.45, 7) is 2.18. The van der Waals surface area contributed by atoms with Crippen molar-refractivity contribution in [3.8, 4) is 0 Å². The van der Waals surface area contributed by atoms with Crippen molar-refractivity contribution < 1.29 is 9.90 Å². The Morgan fingerprint density at radius 3 is 1.71 bits per heavy atom. The first-order chi connectivity index (χ1) is 11.8. The van der Waals surface area contributed by atoms with Gasteiger partial charge in [0.2, 0.25) is 0 Å². The van der Waals surface area contributed by atoms with Crippen LogP contribution < -0.4 is 0 Å². The summed E-state index contributed by atoms with van der Waals surface area (Å²) in [5.41, 5.74) is 0. The van der Waals surface area contributed by atoms with Crippen LogP contribution in [-0.4, -0.2) is 11.1 Å². The second kappa shape index (κ2) is 19.5. The minimum absolute atomic E-state index is 0.204. The molecule has 0 aliphatic carbocycles. The molecule has 0 aliphatic rings. The third-order valence-corrected chi connectivity index (χ3v) is 3.77. The number of carbonyl (C=O) groups is 1. The lowest BCUT2D eigenvalue weighted by atomic mass is 10.1. The number of hydrogen-bond acceptors (Lipinski definition) is 1. The lowest BCUT2D eigenvalue weighted by Crippen LogP contribution is -1.91. The van der Waals surface area contributed by atoms with Gasteiger partial charge in [0, 0.05) is 6.42 Å². The summed E-state index contributed by atoms with van der Waals surface area (Å²) < 4.78 is 0. The first-order valence-corrected chi connectivity index (χ1v) is 9.62. The fourth-order valence-corrected chi connectivity index (χ4v) is 2.38. The largest absolute Gasteiger partial charge is 0.481 e. The van der Waals surface area contributed by atoms with Crippen LogP contribution in [0.3, 0.4) is 0 Å². The number of unbranched alkanes of at least 4 members (excludes halogenated alkanes) is 8. The molecule has 0 fully saturated rings. The second-order valence-corrected chi connectivity index (χ2v) is 6.11. The normalized spacial score (nSPS) is 12.4. The molecule has 0 atom stereocenters. The molecule has 0 heterocycles. The van der Waals surface area contributed by atoms with Crippen molar-refractivity contribution in [2.45, 2.75) is 84.0 Å². The summed E-state index contributed by atoms with van der Waals surface area (Å²) in [6, 6.07) is 0. The highest BCUT2D eigenvalue weighted by Gasteiger charge is 1.91. The van der Waals surface area contributed by atoms with E-state index in [1.165, 1.54) is 51.4 Å². The molecule has 0 bridgehead atoms. The SMILES string of the molecule is CC/C=C/CCCCCCCCC/C=C/C=C/C=C/CCC(=O)O. The average Bonchev–Trinajstić information content (AvgIpc) is 2.56. The van der Waals surface area contributed by atoms with Crippen molar-refractivity contribution in [1.82, 2.24) is 0 Å². The van der Waals surface area contributed by atoms with Gasteiger partial charge in [0.25, 0.3) is 0 Å². The van der Waals surface area contributed by atoms with E-state index in [9.17, 15) is 4.79 Å². The van der Waals surface area contributed by atoms with Gasteiger partial charge in [-0.05, 0) is 38.5 Å². The smallest absolute Gasteiger partial charge is 0.303 e. The van der Waals surface area contributed by atoms with Crippen molar-refractivity contribution in [2.24, 2.45) is 0 Å². The number of rotatable bonds is 16. The van der Waals surface area contributed by atoms with Crippen molar-refractivity contribution in [2.75, 3.05) is 0 Å². The number of aliphatic carboxylic acids is 1. The highest BCUT2D eigenvalue weighted by atomic mass is 16.4. The van der Waals surface area contributed by atoms with E-state index in [0.29, 0.717) is 6.42 Å². The van der Waals surface area contributed by atoms with Crippen LogP contribution in [0.5, 0.6) is 0 Å². The Morgan fingerprint density at radius 2 is 1.17 bits per heavy atom. The number of carboxylic acid groups (broad SMARTS) is 1. The van der Waals surface area contributed by atoms with E-state index >= 15 is 0 Å². The fraction of sp³-hybridized carbons (Fsp3) is 0.591. The van der Waals surface area contributed by atoms with Gasteiger partial charge in [0.1, 0.15) is 0 Å². The zero-order chi connectivity index (χ0) is 17.7. The van der Waals surface area contributed by atoms with Crippen molar-refractivity contribution in [3.05, 3.63) is 48.6 Å². The van der Waals surface area contributed by atoms with Crippen molar-refractivity contribution in [3.63, 3.8) is 0 Å². The van der Waals surface area contributed by atoms with E-state index in [1.807, 2.05) is 24.3 Å². The molecule has 0 aromatic heterocycles. The third-order valence-electron chi connectivity index (χ3n) is 3.77. The number of carboxylic acids is 1. The van der Waals surface area contributed by atoms with Gasteiger partial charge in [-0.2, -0.15) is 0 Å². The highest BCUT2D eigenvalue weighted by Crippen LogP contribution is 2.10. The molecule has 136 valence electrons. The molecule has 2 nitrogen and oxygen atoms in total. The van der Waals surface area contributed by atoms with Gasteiger partial charge in [-0.1, -0.05) is 87.6 Å². The second-order valence-electron chi connectivity index (χ2n) is 6.11. The van der Waals surface area contributed by atoms with Crippen molar-refractivity contribution in [1.29, 1.82) is 0 Å². The van der Waals surface area contributed by atoms with Crippen LogP contribution in [0.15, 0.2) is 48.6 Å². The first-order valence-electron chi connectivity index (χ1n) is 9.62. The standard InChI is InChI=1S/C22H36O2/c1-2-3-4-5-6-7-8-9-10-11-12-13-14-15-16-17-18-19-20-21-22(23)24/h3-4,14-19H,2,5-13,20-21H2,1H3,(H,23,24)/b4-3+,15-14+,17-16+,19-18+. The minimum atomic E-state index is -0.743. The van der Waals surface area contributed by atoms with Crippen LogP contribution in [0.4, 0.5) is 0 Å². The highest BCUT2D eigenvalue weighted by molar-refractivity contribution is 5.66. The topological polar surface area (TPSA) is 37.3 Å². The molecule has 0 rings (SSSR count). The third kappa shape index (κ3) is 20.4. The Bertz CT molecular complexity index is 389. The van der Waals surface area contributed by atoms with E-state index in [4.69, 9.17) is 5.11 Å². The molecular formula is C22H36O2. The molecule has 0 unspecified atom stereocenters. The van der Waals surface area contributed by atoms with Gasteiger partial charge in [-0.3, -0.25) is 4.79 Å². The molecule has 0 amide bonds. The van der Waals surface area contributed by atoms with Gasteiger partial charge >= 0.3 is 5.97 Å². The fourth-order valence-electron chi connectivity index (χ4n) is 2.38. The molecule has 0 aliphatic heterocycles. The van der Waals surface area contributed by atoms with Gasteiger partial charge < -0.3 is 5.11 Å². The zero-order valence-corrected chi connectivity index (χ0v) is 15.5. The van der Waals surface area contributed by atoms with Crippen LogP contribution >= 0.6 is 0 Å². The zero-order valence-electron chi connectivity index (χ0n) is 15.5. The van der Waals surface area contributed by atoms with Gasteiger partial charge in [-0.25, -0.2) is 0 Å². The quantitative estimate of drug-likeness (QED) is 0.188. The van der Waals surface area contributed by atoms with Gasteiger partial charge in [0.05, 0.1) is 0 Å². The summed E-state index contributed by atoms with van der Waals surface area (Å²) in [6.07, 6.45) is 30.4. The molecule has 0 aromatic carbocycles. The molecule has 2 heteroatoms. The maximum absolute atomic E-state index is 10.3. The summed E-state index contributed by atoms with van der Waals surface area (Å²) in [5, 5.41) is 8.49. The van der Waals surface area contributed by atoms with Gasteiger partial charge in [-0.15, -0.1) is 0 Å². The van der Waals surface area contributed by atoms with Crippen molar-refractivity contribution >= 4 is 5.97 Å². The Morgan fingerprint density at radius 1 is 0.667 bits per heavy atom. The molecule has 24 heavy (non-hydrogen) atoms. The van der Waals surface area contributed by atoms with Crippen LogP contribution in [-0.2, 0) is 4.79 Å². The van der Waals surface area contributed by atoms with E-state index in [1.54, 1.807) is 0 Å². The van der Waals surface area contributed by atoms with Crippen LogP contribution in [0.2, 0.25) is 0 Å². The van der Waals surface area contributed by atoms with Crippen LogP contribution in [0.1, 0.15) is 84.0 Å². The Kier molecular flexibility index (Phi) is 18.2. The minimum Gasteiger partial charge on any atom is -0.481 e. The maximum Gasteiger partial charge on any atom is 0.303 e.